The minimum absolute atomic E-state index is 0.0133. The minimum Gasteiger partial charge on any atom is -0.374 e. The van der Waals surface area contributed by atoms with E-state index < -0.39 is 36.8 Å². The fourth-order valence-corrected chi connectivity index (χ4v) is 3.93. The van der Waals surface area contributed by atoms with Gasteiger partial charge in [0.05, 0.1) is 5.71 Å². The molecule has 1 aliphatic rings. The Morgan fingerprint density at radius 3 is 2.27 bits per heavy atom. The predicted octanol–water partition coefficient (Wildman–Crippen LogP) is 6.43. The molecule has 1 N–H and O–H groups in total. The molecule has 33 heavy (non-hydrogen) atoms. The molecule has 2 aromatic carbocycles. The lowest BCUT2D eigenvalue weighted by atomic mass is 9.86. The first-order valence-corrected chi connectivity index (χ1v) is 10.3. The van der Waals surface area contributed by atoms with Gasteiger partial charge in [0.25, 0.3) is 11.5 Å². The molecule has 0 spiro atoms. The molecule has 0 saturated heterocycles. The van der Waals surface area contributed by atoms with Crippen LogP contribution in [0.15, 0.2) is 41.6 Å². The first kappa shape index (κ1) is 25.2. The van der Waals surface area contributed by atoms with Gasteiger partial charge in [-0.3, -0.25) is 4.79 Å². The Morgan fingerprint density at radius 2 is 1.73 bits per heavy atom. The molecule has 3 rings (SSSR count). The first-order chi connectivity index (χ1) is 15.3. The maximum atomic E-state index is 14.1. The summed E-state index contributed by atoms with van der Waals surface area (Å²) in [6, 6.07) is 7.41. The average molecular weight is 513 g/mol. The molecule has 4 nitrogen and oxygen atoms in total. The fraction of sp³-hybridized carbons (Fsp3) is 0.333. The van der Waals surface area contributed by atoms with Crippen molar-refractivity contribution < 1.29 is 36.0 Å². The van der Waals surface area contributed by atoms with Gasteiger partial charge in [-0.25, -0.2) is 0 Å². The Labute approximate surface area is 194 Å². The molecule has 178 valence electrons. The van der Waals surface area contributed by atoms with Crippen LogP contribution in [0.4, 0.5) is 26.3 Å². The van der Waals surface area contributed by atoms with Crippen LogP contribution in [0.5, 0.6) is 0 Å². The van der Waals surface area contributed by atoms with Crippen LogP contribution in [0.2, 0.25) is 10.0 Å². The molecule has 0 aliphatic carbocycles. The Morgan fingerprint density at radius 1 is 1.09 bits per heavy atom. The van der Waals surface area contributed by atoms with Crippen molar-refractivity contribution in [3.8, 4) is 0 Å². The molecule has 12 heteroatoms. The van der Waals surface area contributed by atoms with Gasteiger partial charge in [0, 0.05) is 27.6 Å². The van der Waals surface area contributed by atoms with Crippen LogP contribution < -0.4 is 5.32 Å². The van der Waals surface area contributed by atoms with Gasteiger partial charge in [-0.1, -0.05) is 41.3 Å². The lowest BCUT2D eigenvalue weighted by molar-refractivity contribution is -0.275. The molecule has 0 radical (unpaired) electrons. The topological polar surface area (TPSA) is 50.7 Å². The molecule has 0 saturated carbocycles. The van der Waals surface area contributed by atoms with Gasteiger partial charge in [0.1, 0.15) is 6.54 Å². The number of alkyl halides is 6. The van der Waals surface area contributed by atoms with E-state index in [9.17, 15) is 31.1 Å². The van der Waals surface area contributed by atoms with Crippen LogP contribution >= 0.6 is 23.2 Å². The van der Waals surface area contributed by atoms with E-state index in [4.69, 9.17) is 28.0 Å². The fourth-order valence-electron chi connectivity index (χ4n) is 3.41. The number of hydrogen-bond donors (Lipinski definition) is 1. The smallest absolute Gasteiger partial charge is 0.374 e. The van der Waals surface area contributed by atoms with Crippen LogP contribution in [0.3, 0.4) is 0 Å². The number of oxime groups is 1. The van der Waals surface area contributed by atoms with Crippen LogP contribution in [0.25, 0.3) is 0 Å². The summed E-state index contributed by atoms with van der Waals surface area (Å²) in [6.07, 6.45) is -9.92. The van der Waals surface area contributed by atoms with E-state index >= 15 is 0 Å². The minimum atomic E-state index is -4.88. The molecule has 1 heterocycles. The number of amides is 1. The summed E-state index contributed by atoms with van der Waals surface area (Å²) in [6.45, 7) is 0.147. The van der Waals surface area contributed by atoms with Crippen molar-refractivity contribution in [1.29, 1.82) is 0 Å². The molecule has 1 aliphatic heterocycles. The Kier molecular flexibility index (Phi) is 6.91. The van der Waals surface area contributed by atoms with Crippen molar-refractivity contribution in [3.05, 3.63) is 68.7 Å². The number of benzene rings is 2. The third-order valence-electron chi connectivity index (χ3n) is 5.03. The zero-order chi connectivity index (χ0) is 24.6. The highest BCUT2D eigenvalue weighted by Crippen LogP contribution is 2.49. The zero-order valence-electron chi connectivity index (χ0n) is 16.9. The zero-order valence-corrected chi connectivity index (χ0v) is 18.4. The second kappa shape index (κ2) is 9.06. The molecule has 2 aromatic rings. The van der Waals surface area contributed by atoms with Crippen LogP contribution in [-0.4, -0.2) is 30.5 Å². The number of hydrogen-bond acceptors (Lipinski definition) is 3. The van der Waals surface area contributed by atoms with Gasteiger partial charge in [-0.15, -0.1) is 0 Å². The number of halogens is 8. The quantitative estimate of drug-likeness (QED) is 0.469. The second-order valence-electron chi connectivity index (χ2n) is 7.31. The highest BCUT2D eigenvalue weighted by molar-refractivity contribution is 6.34. The van der Waals surface area contributed by atoms with Crippen LogP contribution in [0.1, 0.15) is 40.4 Å². The van der Waals surface area contributed by atoms with E-state index in [-0.39, 0.29) is 38.9 Å². The van der Waals surface area contributed by atoms with Crippen molar-refractivity contribution in [2.45, 2.75) is 37.7 Å². The maximum Gasteiger partial charge on any atom is 0.435 e. The molecular weight excluding hydrogens is 497 g/mol. The number of nitrogens with zero attached hydrogens (tertiary/aromatic N) is 1. The van der Waals surface area contributed by atoms with Crippen LogP contribution in [-0.2, 0) is 16.9 Å². The SMILES string of the molecule is CCc1cc(C2=NOC(c3cc(Cl)cc(Cl)c3)(C(F)(F)F)C2)ccc1C(=O)NCC(F)(F)F. The van der Waals surface area contributed by atoms with Crippen LogP contribution in [0, 0.1) is 0 Å². The summed E-state index contributed by atoms with van der Waals surface area (Å²) < 4.78 is 79.5. The van der Waals surface area contributed by atoms with Gasteiger partial charge in [-0.05, 0) is 47.9 Å². The number of rotatable bonds is 5. The molecule has 0 fully saturated rings. The summed E-state index contributed by atoms with van der Waals surface area (Å²) in [4.78, 5) is 17.1. The highest BCUT2D eigenvalue weighted by Gasteiger charge is 2.62. The van der Waals surface area contributed by atoms with E-state index in [1.54, 1.807) is 12.2 Å². The summed E-state index contributed by atoms with van der Waals surface area (Å²) in [7, 11) is 0. The number of carbonyl (C=O) groups is 1. The molecule has 1 atom stereocenters. The predicted molar refractivity (Wildman–Crippen MR) is 111 cm³/mol. The Hall–Kier alpha value is -2.46. The number of carbonyl (C=O) groups excluding carboxylic acids is 1. The number of aryl methyl sites for hydroxylation is 1. The van der Waals surface area contributed by atoms with E-state index in [0.29, 0.717) is 5.56 Å². The van der Waals surface area contributed by atoms with Crippen molar-refractivity contribution in [1.82, 2.24) is 5.32 Å². The van der Waals surface area contributed by atoms with Crippen molar-refractivity contribution in [3.63, 3.8) is 0 Å². The lowest BCUT2D eigenvalue weighted by Gasteiger charge is -2.29. The molecule has 1 amide bonds. The highest BCUT2D eigenvalue weighted by atomic mass is 35.5. The second-order valence-corrected chi connectivity index (χ2v) is 8.19. The van der Waals surface area contributed by atoms with E-state index in [1.807, 2.05) is 0 Å². The molecule has 0 bridgehead atoms. The Balaban J connectivity index is 1.92. The Bertz CT molecular complexity index is 1080. The molecule has 1 unspecified atom stereocenters. The van der Waals surface area contributed by atoms with Crippen molar-refractivity contribution in [2.24, 2.45) is 5.16 Å². The molecule has 0 aromatic heterocycles. The van der Waals surface area contributed by atoms with Crippen molar-refractivity contribution in [2.75, 3.05) is 6.54 Å². The standard InChI is InChI=1S/C21H16Cl2F6N2O2/c1-2-11-5-12(3-4-16(11)18(32)30-10-20(24,25)26)17-9-19(33-31-17,21(27,28)29)13-6-14(22)8-15(23)7-13/h3-8H,2,9-10H2,1H3,(H,30,32). The van der Waals surface area contributed by atoms with Crippen molar-refractivity contribution >= 4 is 34.8 Å². The average Bonchev–Trinajstić information content (AvgIpc) is 3.17. The summed E-state index contributed by atoms with van der Waals surface area (Å²) in [5.74, 6) is -0.946. The van der Waals surface area contributed by atoms with Gasteiger partial charge in [0.15, 0.2) is 0 Å². The monoisotopic (exact) mass is 512 g/mol. The summed E-state index contributed by atoms with van der Waals surface area (Å²) >= 11 is 11.8. The van der Waals surface area contributed by atoms with Gasteiger partial charge in [0.2, 0.25) is 0 Å². The normalized spacial score (nSPS) is 18.6. The van der Waals surface area contributed by atoms with Gasteiger partial charge in [-0.2, -0.15) is 26.3 Å². The van der Waals surface area contributed by atoms with Gasteiger partial charge < -0.3 is 10.2 Å². The maximum absolute atomic E-state index is 14.1. The van der Waals surface area contributed by atoms with Gasteiger partial charge >= 0.3 is 12.4 Å². The summed E-state index contributed by atoms with van der Waals surface area (Å²) in [5, 5.41) is 5.39. The first-order valence-electron chi connectivity index (χ1n) is 9.52. The largest absolute Gasteiger partial charge is 0.435 e. The van der Waals surface area contributed by atoms with E-state index in [2.05, 4.69) is 5.16 Å². The lowest BCUT2D eigenvalue weighted by Crippen LogP contribution is -2.42. The third-order valence-corrected chi connectivity index (χ3v) is 5.46. The third kappa shape index (κ3) is 5.38. The van der Waals surface area contributed by atoms with E-state index in [1.165, 1.54) is 24.3 Å². The molecular formula is C21H16Cl2F6N2O2. The van der Waals surface area contributed by atoms with E-state index in [0.717, 1.165) is 12.1 Å². The number of nitrogens with one attached hydrogen (secondary N) is 1. The summed E-state index contributed by atoms with van der Waals surface area (Å²) in [5.41, 5.74) is -2.66.